The summed E-state index contributed by atoms with van der Waals surface area (Å²) < 4.78 is 6.83. The van der Waals surface area contributed by atoms with Crippen molar-refractivity contribution in [3.05, 3.63) is 22.5 Å². The Morgan fingerprint density at radius 2 is 1.94 bits per heavy atom. The van der Waals surface area contributed by atoms with E-state index in [9.17, 15) is 4.79 Å². The predicted molar refractivity (Wildman–Crippen MR) is 67.6 cm³/mol. The fourth-order valence-corrected chi connectivity index (χ4v) is 1.90. The Labute approximate surface area is 102 Å². The van der Waals surface area contributed by atoms with Crippen LogP contribution >= 0.6 is 0 Å². The van der Waals surface area contributed by atoms with E-state index in [1.807, 2.05) is 32.5 Å². The highest BCUT2D eigenvalue weighted by Gasteiger charge is 2.16. The van der Waals surface area contributed by atoms with Crippen molar-refractivity contribution in [3.8, 4) is 0 Å². The highest BCUT2D eigenvalue weighted by atomic mass is 16.5. The number of ether oxygens (including phenoxy) is 1. The summed E-state index contributed by atoms with van der Waals surface area (Å²) in [6, 6.07) is 0. The molecule has 1 aromatic heterocycles. The minimum Gasteiger partial charge on any atom is -0.463 e. The molecule has 0 aliphatic rings. The van der Waals surface area contributed by atoms with Gasteiger partial charge in [0, 0.05) is 23.9 Å². The van der Waals surface area contributed by atoms with Crippen molar-refractivity contribution in [2.75, 3.05) is 6.61 Å². The number of nitrogens with zero attached hydrogens (tertiary/aromatic N) is 2. The summed E-state index contributed by atoms with van der Waals surface area (Å²) in [6.45, 7) is 9.87. The minimum absolute atomic E-state index is 0.257. The molecule has 0 aliphatic carbocycles. The third kappa shape index (κ3) is 2.57. The Bertz CT molecular complexity index is 470. The normalized spacial score (nSPS) is 12.4. The third-order valence-electron chi connectivity index (χ3n) is 3.03. The van der Waals surface area contributed by atoms with Crippen molar-refractivity contribution in [2.45, 2.75) is 34.6 Å². The standard InChI is InChI=1S/C13H20N2O2/c1-7-17-13(16)9(3)8(2)12-10(4)14-15(6)11(12)5/h7H2,1-6H3. The lowest BCUT2D eigenvalue weighted by Crippen LogP contribution is -2.07. The fourth-order valence-electron chi connectivity index (χ4n) is 1.90. The predicted octanol–water partition coefficient (Wildman–Crippen LogP) is 2.39. The zero-order valence-corrected chi connectivity index (χ0v) is 11.4. The molecule has 0 radical (unpaired) electrons. The van der Waals surface area contributed by atoms with Gasteiger partial charge < -0.3 is 4.74 Å². The van der Waals surface area contributed by atoms with Crippen molar-refractivity contribution >= 4 is 11.5 Å². The molecule has 0 amide bonds. The van der Waals surface area contributed by atoms with Gasteiger partial charge in [-0.3, -0.25) is 4.68 Å². The second kappa shape index (κ2) is 5.17. The Kier molecular flexibility index (Phi) is 4.10. The Balaban J connectivity index is 3.23. The van der Waals surface area contributed by atoms with Gasteiger partial charge in [0.25, 0.3) is 0 Å². The maximum Gasteiger partial charge on any atom is 0.333 e. The van der Waals surface area contributed by atoms with Crippen LogP contribution in [0.1, 0.15) is 37.7 Å². The van der Waals surface area contributed by atoms with E-state index in [0.717, 1.165) is 22.5 Å². The molecule has 17 heavy (non-hydrogen) atoms. The van der Waals surface area contributed by atoms with E-state index >= 15 is 0 Å². The first-order valence-corrected chi connectivity index (χ1v) is 5.75. The Morgan fingerprint density at radius 1 is 1.35 bits per heavy atom. The van der Waals surface area contributed by atoms with E-state index in [1.165, 1.54) is 0 Å². The van der Waals surface area contributed by atoms with Crippen LogP contribution in [0.4, 0.5) is 0 Å². The number of allylic oxidation sites excluding steroid dienone is 1. The van der Waals surface area contributed by atoms with E-state index in [1.54, 1.807) is 13.8 Å². The maximum atomic E-state index is 11.7. The summed E-state index contributed by atoms with van der Waals surface area (Å²) in [4.78, 5) is 11.7. The molecule has 0 unspecified atom stereocenters. The van der Waals surface area contributed by atoms with Gasteiger partial charge in [-0.1, -0.05) is 0 Å². The lowest BCUT2D eigenvalue weighted by atomic mass is 10.0. The molecule has 4 nitrogen and oxygen atoms in total. The molecule has 0 aliphatic heterocycles. The number of rotatable bonds is 3. The van der Waals surface area contributed by atoms with Gasteiger partial charge in [0.15, 0.2) is 0 Å². The molecule has 94 valence electrons. The molecular weight excluding hydrogens is 216 g/mol. The van der Waals surface area contributed by atoms with Gasteiger partial charge in [0.05, 0.1) is 12.3 Å². The van der Waals surface area contributed by atoms with Crippen LogP contribution in [0.5, 0.6) is 0 Å². The molecule has 1 rings (SSSR count). The highest BCUT2D eigenvalue weighted by molar-refractivity contribution is 5.97. The van der Waals surface area contributed by atoms with Gasteiger partial charge in [-0.25, -0.2) is 4.79 Å². The van der Waals surface area contributed by atoms with Crippen molar-refractivity contribution in [2.24, 2.45) is 7.05 Å². The van der Waals surface area contributed by atoms with Crippen LogP contribution in [0.3, 0.4) is 0 Å². The van der Waals surface area contributed by atoms with Crippen molar-refractivity contribution in [1.29, 1.82) is 0 Å². The van der Waals surface area contributed by atoms with Gasteiger partial charge in [0.1, 0.15) is 0 Å². The van der Waals surface area contributed by atoms with Crippen molar-refractivity contribution < 1.29 is 9.53 Å². The topological polar surface area (TPSA) is 44.1 Å². The maximum absolute atomic E-state index is 11.7. The zero-order valence-electron chi connectivity index (χ0n) is 11.4. The van der Waals surface area contributed by atoms with Crippen molar-refractivity contribution in [1.82, 2.24) is 9.78 Å². The first-order chi connectivity index (χ1) is 7.90. The second-order valence-corrected chi connectivity index (χ2v) is 4.14. The van der Waals surface area contributed by atoms with Gasteiger partial charge in [-0.05, 0) is 40.2 Å². The van der Waals surface area contributed by atoms with Gasteiger partial charge in [-0.15, -0.1) is 0 Å². The molecule has 0 bridgehead atoms. The number of aromatic nitrogens is 2. The van der Waals surface area contributed by atoms with Crippen LogP contribution in [-0.4, -0.2) is 22.4 Å². The second-order valence-electron chi connectivity index (χ2n) is 4.14. The number of carbonyl (C=O) groups excluding carboxylic acids is 1. The van der Waals surface area contributed by atoms with E-state index in [2.05, 4.69) is 5.10 Å². The zero-order chi connectivity index (χ0) is 13.2. The van der Waals surface area contributed by atoms with Gasteiger partial charge >= 0.3 is 5.97 Å². The van der Waals surface area contributed by atoms with Crippen LogP contribution in [-0.2, 0) is 16.6 Å². The lowest BCUT2D eigenvalue weighted by Gasteiger charge is -2.08. The molecule has 0 aromatic carbocycles. The smallest absolute Gasteiger partial charge is 0.333 e. The fraction of sp³-hybridized carbons (Fsp3) is 0.538. The summed E-state index contributed by atoms with van der Waals surface area (Å²) in [7, 11) is 1.90. The van der Waals surface area contributed by atoms with Crippen LogP contribution in [0, 0.1) is 13.8 Å². The minimum atomic E-state index is -0.257. The quantitative estimate of drug-likeness (QED) is 0.598. The first kappa shape index (κ1) is 13.5. The van der Waals surface area contributed by atoms with Gasteiger partial charge in [0.2, 0.25) is 0 Å². The molecule has 1 heterocycles. The van der Waals surface area contributed by atoms with E-state index in [4.69, 9.17) is 4.74 Å². The number of hydrogen-bond acceptors (Lipinski definition) is 3. The summed E-state index contributed by atoms with van der Waals surface area (Å²) in [5.74, 6) is -0.257. The number of esters is 1. The molecule has 4 heteroatoms. The van der Waals surface area contributed by atoms with Crippen LogP contribution in [0.25, 0.3) is 5.57 Å². The van der Waals surface area contributed by atoms with E-state index in [0.29, 0.717) is 12.2 Å². The first-order valence-electron chi connectivity index (χ1n) is 5.75. The van der Waals surface area contributed by atoms with E-state index in [-0.39, 0.29) is 5.97 Å². The Morgan fingerprint density at radius 3 is 2.35 bits per heavy atom. The van der Waals surface area contributed by atoms with Gasteiger partial charge in [-0.2, -0.15) is 5.10 Å². The summed E-state index contributed by atoms with van der Waals surface area (Å²) in [5, 5.41) is 4.35. The number of aryl methyl sites for hydroxylation is 2. The summed E-state index contributed by atoms with van der Waals surface area (Å²) in [5.41, 5.74) is 4.62. The molecule has 0 atom stereocenters. The largest absolute Gasteiger partial charge is 0.463 e. The van der Waals surface area contributed by atoms with Crippen LogP contribution < -0.4 is 0 Å². The molecule has 0 N–H and O–H groups in total. The molecule has 0 spiro atoms. The number of hydrogen-bond donors (Lipinski definition) is 0. The molecule has 1 aromatic rings. The average molecular weight is 236 g/mol. The molecule has 0 saturated heterocycles. The highest BCUT2D eigenvalue weighted by Crippen LogP contribution is 2.25. The molecule has 0 fully saturated rings. The van der Waals surface area contributed by atoms with Crippen LogP contribution in [0.15, 0.2) is 5.57 Å². The SMILES string of the molecule is CCOC(=O)C(C)=C(C)c1c(C)nn(C)c1C. The Hall–Kier alpha value is -1.58. The van der Waals surface area contributed by atoms with Crippen molar-refractivity contribution in [3.63, 3.8) is 0 Å². The summed E-state index contributed by atoms with van der Waals surface area (Å²) >= 11 is 0. The monoisotopic (exact) mass is 236 g/mol. The number of carbonyl (C=O) groups is 1. The molecule has 0 saturated carbocycles. The average Bonchev–Trinajstić information content (AvgIpc) is 2.51. The third-order valence-corrected chi connectivity index (χ3v) is 3.03. The lowest BCUT2D eigenvalue weighted by molar-refractivity contribution is -0.138. The molecular formula is C13H20N2O2. The van der Waals surface area contributed by atoms with E-state index < -0.39 is 0 Å². The summed E-state index contributed by atoms with van der Waals surface area (Å²) in [6.07, 6.45) is 0. The van der Waals surface area contributed by atoms with Crippen LogP contribution in [0.2, 0.25) is 0 Å².